The highest BCUT2D eigenvalue weighted by Crippen LogP contribution is 2.19. The second-order valence-electron chi connectivity index (χ2n) is 4.67. The Kier molecular flexibility index (Phi) is 8.31. The summed E-state index contributed by atoms with van der Waals surface area (Å²) >= 11 is 0. The summed E-state index contributed by atoms with van der Waals surface area (Å²) in [6.45, 7) is 3.48. The molecule has 0 radical (unpaired) electrons. The number of anilines is 2. The van der Waals surface area contributed by atoms with Gasteiger partial charge in [-0.15, -0.1) is 0 Å². The molecular weight excluding hydrogens is 344 g/mol. The summed E-state index contributed by atoms with van der Waals surface area (Å²) in [5.74, 6) is 0. The number of pyridine rings is 2. The molecule has 0 aliphatic heterocycles. The highest BCUT2D eigenvalue weighted by molar-refractivity contribution is 5.87. The van der Waals surface area contributed by atoms with E-state index in [1.165, 1.54) is 7.11 Å². The molecule has 2 N–H and O–H groups in total. The van der Waals surface area contributed by atoms with Gasteiger partial charge in [0.15, 0.2) is 0 Å². The molecule has 0 spiro atoms. The first-order chi connectivity index (χ1) is 12.4. The fraction of sp³-hybridized carbons (Fsp3) is 0.250. The van der Waals surface area contributed by atoms with E-state index in [-0.39, 0.29) is 0 Å². The summed E-state index contributed by atoms with van der Waals surface area (Å²) in [6, 6.07) is 6.66. The topological polar surface area (TPSA) is 123 Å². The van der Waals surface area contributed by atoms with Crippen molar-refractivity contribution in [3.8, 4) is 0 Å². The normalized spacial score (nSPS) is 9.27. The molecule has 0 bridgehead atoms. The first kappa shape index (κ1) is 20.6. The van der Waals surface area contributed by atoms with E-state index in [4.69, 9.17) is 5.21 Å². The van der Waals surface area contributed by atoms with Crippen molar-refractivity contribution >= 4 is 23.6 Å². The molecule has 0 aromatic carbocycles. The van der Waals surface area contributed by atoms with E-state index in [0.717, 1.165) is 12.8 Å². The SMILES string of the molecule is COC(=O)ON(C(=O)OC)c1cccnc1C.Cc1ncccc1NO. The molecule has 2 rings (SSSR count). The van der Waals surface area contributed by atoms with Gasteiger partial charge in [0.1, 0.15) is 5.69 Å². The summed E-state index contributed by atoms with van der Waals surface area (Å²) in [5, 5.41) is 9.10. The highest BCUT2D eigenvalue weighted by Gasteiger charge is 2.23. The molecule has 0 saturated heterocycles. The summed E-state index contributed by atoms with van der Waals surface area (Å²) in [7, 11) is 2.30. The first-order valence-corrected chi connectivity index (χ1v) is 7.31. The molecular formula is C16H20N4O6. The lowest BCUT2D eigenvalue weighted by atomic mass is 10.3. The summed E-state index contributed by atoms with van der Waals surface area (Å²) in [4.78, 5) is 35.0. The number of hydrogen-bond donors (Lipinski definition) is 2. The third-order valence-corrected chi connectivity index (χ3v) is 3.00. The zero-order chi connectivity index (χ0) is 19.5. The van der Waals surface area contributed by atoms with Crippen LogP contribution in [-0.4, -0.2) is 41.6 Å². The van der Waals surface area contributed by atoms with Gasteiger partial charge in [-0.3, -0.25) is 25.5 Å². The van der Waals surface area contributed by atoms with Crippen molar-refractivity contribution in [3.05, 3.63) is 48.0 Å². The van der Waals surface area contributed by atoms with Gasteiger partial charge in [-0.05, 0) is 38.1 Å². The number of nitrogens with zero attached hydrogens (tertiary/aromatic N) is 3. The Morgan fingerprint density at radius 3 is 2.12 bits per heavy atom. The van der Waals surface area contributed by atoms with Crippen LogP contribution in [0.15, 0.2) is 36.7 Å². The Balaban J connectivity index is 0.000000314. The van der Waals surface area contributed by atoms with E-state index >= 15 is 0 Å². The van der Waals surface area contributed by atoms with Crippen molar-refractivity contribution in [2.75, 3.05) is 24.8 Å². The second kappa shape index (κ2) is 10.5. The summed E-state index contributed by atoms with van der Waals surface area (Å²) in [5.41, 5.74) is 4.27. The van der Waals surface area contributed by atoms with Crippen LogP contribution < -0.4 is 10.5 Å². The van der Waals surface area contributed by atoms with E-state index in [2.05, 4.69) is 24.3 Å². The number of hydrogen-bond acceptors (Lipinski definition) is 9. The standard InChI is InChI=1S/C10H12N2O5.C6H8N2O/c1-7-8(5-4-6-11-7)12(9(13)15-2)17-10(14)16-3;1-5-6(8-9)3-2-4-7-5/h4-6H,1-3H3;2-4,8-9H,1H3. The molecule has 0 aliphatic carbocycles. The molecule has 2 aromatic heterocycles. The van der Waals surface area contributed by atoms with Crippen LogP contribution in [-0.2, 0) is 14.3 Å². The van der Waals surface area contributed by atoms with E-state index < -0.39 is 12.2 Å². The number of aryl methyl sites for hydroxylation is 2. The third kappa shape index (κ3) is 5.91. The molecule has 10 heteroatoms. The largest absolute Gasteiger partial charge is 0.533 e. The maximum absolute atomic E-state index is 11.5. The molecule has 140 valence electrons. The summed E-state index contributed by atoms with van der Waals surface area (Å²) in [6.07, 6.45) is 1.34. The Morgan fingerprint density at radius 1 is 1.04 bits per heavy atom. The molecule has 0 aliphatic rings. The van der Waals surface area contributed by atoms with Gasteiger partial charge in [0, 0.05) is 12.4 Å². The van der Waals surface area contributed by atoms with Gasteiger partial charge in [0.05, 0.1) is 31.3 Å². The zero-order valence-corrected chi connectivity index (χ0v) is 14.8. The number of methoxy groups -OCH3 is 2. The average Bonchev–Trinajstić information content (AvgIpc) is 2.67. The van der Waals surface area contributed by atoms with Crippen molar-refractivity contribution in [2.24, 2.45) is 0 Å². The lowest BCUT2D eigenvalue weighted by molar-refractivity contribution is 0.0570. The maximum Gasteiger partial charge on any atom is 0.533 e. The van der Waals surface area contributed by atoms with E-state index in [1.54, 1.807) is 43.6 Å². The molecule has 26 heavy (non-hydrogen) atoms. The Bertz CT molecular complexity index is 740. The third-order valence-electron chi connectivity index (χ3n) is 3.00. The number of carbonyl (C=O) groups is 2. The number of carbonyl (C=O) groups excluding carboxylic acids is 2. The lowest BCUT2D eigenvalue weighted by Gasteiger charge is -2.19. The number of rotatable bonds is 2. The van der Waals surface area contributed by atoms with Crippen LogP contribution in [0, 0.1) is 13.8 Å². The second-order valence-corrected chi connectivity index (χ2v) is 4.67. The van der Waals surface area contributed by atoms with Gasteiger partial charge in [-0.25, -0.2) is 9.59 Å². The smallest absolute Gasteiger partial charge is 0.450 e. The van der Waals surface area contributed by atoms with Crippen LogP contribution in [0.5, 0.6) is 0 Å². The number of amides is 1. The highest BCUT2D eigenvalue weighted by atomic mass is 16.8. The number of aromatic nitrogens is 2. The molecule has 0 fully saturated rings. The Labute approximate surface area is 150 Å². The zero-order valence-electron chi connectivity index (χ0n) is 14.8. The van der Waals surface area contributed by atoms with Crippen LogP contribution in [0.4, 0.5) is 21.0 Å². The van der Waals surface area contributed by atoms with Crippen LogP contribution >= 0.6 is 0 Å². The van der Waals surface area contributed by atoms with Crippen LogP contribution in [0.25, 0.3) is 0 Å². The van der Waals surface area contributed by atoms with Crippen molar-refractivity contribution < 1.29 is 29.1 Å². The van der Waals surface area contributed by atoms with E-state index in [0.29, 0.717) is 22.1 Å². The number of nitrogens with one attached hydrogen (secondary N) is 1. The van der Waals surface area contributed by atoms with Gasteiger partial charge >= 0.3 is 12.2 Å². The molecule has 2 aromatic rings. The van der Waals surface area contributed by atoms with Crippen LogP contribution in [0.2, 0.25) is 0 Å². The minimum absolute atomic E-state index is 0.296. The fourth-order valence-electron chi connectivity index (χ4n) is 1.67. The first-order valence-electron chi connectivity index (χ1n) is 7.31. The average molecular weight is 364 g/mol. The van der Waals surface area contributed by atoms with Crippen molar-refractivity contribution in [1.82, 2.24) is 9.97 Å². The van der Waals surface area contributed by atoms with Gasteiger partial charge in [-0.2, -0.15) is 0 Å². The lowest BCUT2D eigenvalue weighted by Crippen LogP contribution is -2.34. The summed E-state index contributed by atoms with van der Waals surface area (Å²) < 4.78 is 8.80. The fourth-order valence-corrected chi connectivity index (χ4v) is 1.67. The van der Waals surface area contributed by atoms with Crippen LogP contribution in [0.3, 0.4) is 0 Å². The maximum atomic E-state index is 11.5. The van der Waals surface area contributed by atoms with Gasteiger partial charge in [0.25, 0.3) is 0 Å². The van der Waals surface area contributed by atoms with Crippen molar-refractivity contribution in [2.45, 2.75) is 13.8 Å². The quantitative estimate of drug-likeness (QED) is 0.611. The minimum Gasteiger partial charge on any atom is -0.450 e. The molecule has 0 unspecified atom stereocenters. The molecule has 2 heterocycles. The van der Waals surface area contributed by atoms with Gasteiger partial charge < -0.3 is 9.47 Å². The Hall–Kier alpha value is -3.40. The van der Waals surface area contributed by atoms with E-state index in [9.17, 15) is 9.59 Å². The molecule has 0 saturated carbocycles. The Morgan fingerprint density at radius 2 is 1.65 bits per heavy atom. The number of hydroxylamine groups is 1. The molecule has 1 amide bonds. The monoisotopic (exact) mass is 364 g/mol. The predicted molar refractivity (Wildman–Crippen MR) is 91.7 cm³/mol. The van der Waals surface area contributed by atoms with Gasteiger partial charge in [0.2, 0.25) is 0 Å². The molecule has 0 atom stereocenters. The van der Waals surface area contributed by atoms with E-state index in [1.807, 2.05) is 12.4 Å². The molecule has 10 nitrogen and oxygen atoms in total. The van der Waals surface area contributed by atoms with Crippen LogP contribution in [0.1, 0.15) is 11.4 Å². The van der Waals surface area contributed by atoms with Crippen molar-refractivity contribution in [3.63, 3.8) is 0 Å². The predicted octanol–water partition coefficient (Wildman–Crippen LogP) is 2.85. The van der Waals surface area contributed by atoms with Crippen molar-refractivity contribution in [1.29, 1.82) is 0 Å². The minimum atomic E-state index is -1.03. The number of ether oxygens (including phenoxy) is 2. The van der Waals surface area contributed by atoms with Gasteiger partial charge in [-0.1, -0.05) is 5.06 Å².